The van der Waals surface area contributed by atoms with Gasteiger partial charge in [-0.2, -0.15) is 4.31 Å². The molecular formula is C21H34N2O3S2. The van der Waals surface area contributed by atoms with Gasteiger partial charge in [0.2, 0.25) is 5.91 Å². The summed E-state index contributed by atoms with van der Waals surface area (Å²) in [5.41, 5.74) is 0.385. The number of piperidine rings is 1. The van der Waals surface area contributed by atoms with Crippen molar-refractivity contribution in [3.8, 4) is 0 Å². The second-order valence-corrected chi connectivity index (χ2v) is 12.1. The van der Waals surface area contributed by atoms with Gasteiger partial charge in [0.05, 0.1) is 0 Å². The Morgan fingerprint density at radius 1 is 1.18 bits per heavy atom. The van der Waals surface area contributed by atoms with E-state index in [1.54, 1.807) is 17.5 Å². The van der Waals surface area contributed by atoms with Gasteiger partial charge >= 0.3 is 0 Å². The number of sulfonamides is 1. The van der Waals surface area contributed by atoms with Crippen molar-refractivity contribution in [3.63, 3.8) is 0 Å². The fraction of sp³-hybridized carbons (Fsp3) is 0.762. The summed E-state index contributed by atoms with van der Waals surface area (Å²) in [4.78, 5) is 12.7. The van der Waals surface area contributed by atoms with Crippen molar-refractivity contribution in [2.45, 2.75) is 76.0 Å². The first-order chi connectivity index (χ1) is 13.2. The number of rotatable bonds is 6. The third kappa shape index (κ3) is 4.79. The number of hydrogen-bond acceptors (Lipinski definition) is 4. The van der Waals surface area contributed by atoms with Gasteiger partial charge in [0.1, 0.15) is 4.21 Å². The topological polar surface area (TPSA) is 66.5 Å². The predicted octanol–water partition coefficient (Wildman–Crippen LogP) is 4.26. The van der Waals surface area contributed by atoms with Crippen molar-refractivity contribution in [3.05, 3.63) is 17.5 Å². The molecule has 0 bridgehead atoms. The van der Waals surface area contributed by atoms with Gasteiger partial charge in [-0.25, -0.2) is 8.42 Å². The molecule has 1 N–H and O–H groups in total. The zero-order valence-corrected chi connectivity index (χ0v) is 18.9. The Kier molecular flexibility index (Phi) is 6.88. The number of carbonyl (C=O) groups excluding carboxylic acids is 1. The van der Waals surface area contributed by atoms with E-state index in [0.717, 1.165) is 18.8 Å². The lowest BCUT2D eigenvalue weighted by Gasteiger charge is -2.39. The lowest BCUT2D eigenvalue weighted by atomic mass is 9.69. The van der Waals surface area contributed by atoms with Crippen LogP contribution in [-0.2, 0) is 14.8 Å². The van der Waals surface area contributed by atoms with E-state index in [2.05, 4.69) is 26.1 Å². The quantitative estimate of drug-likeness (QED) is 0.739. The molecule has 1 saturated carbocycles. The van der Waals surface area contributed by atoms with Crippen LogP contribution in [0.15, 0.2) is 21.7 Å². The zero-order chi connectivity index (χ0) is 20.4. The van der Waals surface area contributed by atoms with Crippen LogP contribution < -0.4 is 5.32 Å². The molecule has 0 spiro atoms. The van der Waals surface area contributed by atoms with Gasteiger partial charge in [-0.1, -0.05) is 33.3 Å². The normalized spacial score (nSPS) is 25.5. The maximum absolute atomic E-state index is 12.7. The van der Waals surface area contributed by atoms with Gasteiger partial charge in [0.25, 0.3) is 10.0 Å². The summed E-state index contributed by atoms with van der Waals surface area (Å²) in [6.45, 7) is 7.83. The Morgan fingerprint density at radius 2 is 1.82 bits per heavy atom. The SMILES string of the molecule is CCC(C)(C)C1CCC(NC(=O)C2CCN(S(=O)(=O)c3cccs3)CC2)CC1. The summed E-state index contributed by atoms with van der Waals surface area (Å²) in [5, 5.41) is 5.04. The van der Waals surface area contributed by atoms with Crippen LogP contribution in [0, 0.1) is 17.3 Å². The van der Waals surface area contributed by atoms with Crippen molar-refractivity contribution in [2.24, 2.45) is 17.3 Å². The van der Waals surface area contributed by atoms with Gasteiger partial charge in [0.15, 0.2) is 0 Å². The van der Waals surface area contributed by atoms with E-state index in [9.17, 15) is 13.2 Å². The summed E-state index contributed by atoms with van der Waals surface area (Å²) in [6.07, 6.45) is 6.90. The van der Waals surface area contributed by atoms with Crippen LogP contribution in [0.2, 0.25) is 0 Å². The molecule has 0 radical (unpaired) electrons. The highest BCUT2D eigenvalue weighted by atomic mass is 32.2. The number of nitrogens with zero attached hydrogens (tertiary/aromatic N) is 1. The molecule has 2 fully saturated rings. The smallest absolute Gasteiger partial charge is 0.252 e. The van der Waals surface area contributed by atoms with Crippen LogP contribution in [0.3, 0.4) is 0 Å². The Labute approximate surface area is 173 Å². The molecule has 1 aromatic heterocycles. The van der Waals surface area contributed by atoms with Crippen molar-refractivity contribution in [1.82, 2.24) is 9.62 Å². The average Bonchev–Trinajstić information content (AvgIpc) is 3.24. The monoisotopic (exact) mass is 426 g/mol. The summed E-state index contributed by atoms with van der Waals surface area (Å²) in [6, 6.07) is 3.69. The van der Waals surface area contributed by atoms with Crippen LogP contribution in [0.4, 0.5) is 0 Å². The number of amides is 1. The summed E-state index contributed by atoms with van der Waals surface area (Å²) in [7, 11) is -3.40. The average molecular weight is 427 g/mol. The Hall–Kier alpha value is -0.920. The molecule has 28 heavy (non-hydrogen) atoms. The maximum atomic E-state index is 12.7. The van der Waals surface area contributed by atoms with Crippen molar-refractivity contribution < 1.29 is 13.2 Å². The van der Waals surface area contributed by atoms with E-state index in [1.165, 1.54) is 34.9 Å². The van der Waals surface area contributed by atoms with Gasteiger partial charge in [0, 0.05) is 25.0 Å². The van der Waals surface area contributed by atoms with Crippen molar-refractivity contribution in [1.29, 1.82) is 0 Å². The molecular weight excluding hydrogens is 392 g/mol. The number of thiophene rings is 1. The van der Waals surface area contributed by atoms with E-state index >= 15 is 0 Å². The second-order valence-electron chi connectivity index (χ2n) is 9.01. The molecule has 0 atom stereocenters. The van der Waals surface area contributed by atoms with Gasteiger partial charge in [-0.15, -0.1) is 11.3 Å². The first-order valence-electron chi connectivity index (χ1n) is 10.6. The lowest BCUT2D eigenvalue weighted by molar-refractivity contribution is -0.127. The van der Waals surface area contributed by atoms with E-state index in [4.69, 9.17) is 0 Å². The fourth-order valence-electron chi connectivity index (χ4n) is 4.52. The van der Waals surface area contributed by atoms with Crippen LogP contribution in [-0.4, -0.2) is 37.8 Å². The molecule has 2 aliphatic rings. The minimum Gasteiger partial charge on any atom is -0.353 e. The lowest BCUT2D eigenvalue weighted by Crippen LogP contribution is -2.46. The first-order valence-corrected chi connectivity index (χ1v) is 12.9. The largest absolute Gasteiger partial charge is 0.353 e. The van der Waals surface area contributed by atoms with Crippen LogP contribution >= 0.6 is 11.3 Å². The van der Waals surface area contributed by atoms with E-state index in [1.807, 2.05) is 0 Å². The molecule has 1 aliphatic carbocycles. The number of nitrogens with one attached hydrogen (secondary N) is 1. The van der Waals surface area contributed by atoms with Gasteiger partial charge in [-0.3, -0.25) is 4.79 Å². The van der Waals surface area contributed by atoms with E-state index in [-0.39, 0.29) is 17.9 Å². The summed E-state index contributed by atoms with van der Waals surface area (Å²) in [5.74, 6) is 0.794. The standard InChI is InChI=1S/C21H34N2O3S2/c1-4-21(2,3)17-7-9-18(10-8-17)22-20(24)16-11-13-23(14-12-16)28(25,26)19-6-5-15-27-19/h5-6,15-18H,4,7-14H2,1-3H3,(H,22,24). The highest BCUT2D eigenvalue weighted by Crippen LogP contribution is 2.40. The molecule has 0 unspecified atom stereocenters. The van der Waals surface area contributed by atoms with Crippen molar-refractivity contribution in [2.75, 3.05) is 13.1 Å². The first kappa shape index (κ1) is 21.8. The van der Waals surface area contributed by atoms with Crippen LogP contribution in [0.5, 0.6) is 0 Å². The van der Waals surface area contributed by atoms with E-state index < -0.39 is 10.0 Å². The minimum absolute atomic E-state index is 0.0698. The van der Waals surface area contributed by atoms with Gasteiger partial charge < -0.3 is 5.32 Å². The Morgan fingerprint density at radius 3 is 2.36 bits per heavy atom. The number of hydrogen-bond donors (Lipinski definition) is 1. The van der Waals surface area contributed by atoms with Gasteiger partial charge in [-0.05, 0) is 61.3 Å². The van der Waals surface area contributed by atoms with Crippen molar-refractivity contribution >= 4 is 27.3 Å². The molecule has 2 heterocycles. The third-order valence-corrected chi connectivity index (χ3v) is 10.3. The Balaban J connectivity index is 1.46. The molecule has 0 aromatic carbocycles. The fourth-order valence-corrected chi connectivity index (χ4v) is 7.14. The molecule has 5 nitrogen and oxygen atoms in total. The minimum atomic E-state index is -3.40. The highest BCUT2D eigenvalue weighted by Gasteiger charge is 2.35. The third-order valence-electron chi connectivity index (χ3n) is 7.00. The Bertz CT molecular complexity index is 743. The molecule has 1 aromatic rings. The number of carbonyl (C=O) groups is 1. The second kappa shape index (κ2) is 8.84. The molecule has 158 valence electrons. The predicted molar refractivity (Wildman–Crippen MR) is 114 cm³/mol. The molecule has 1 saturated heterocycles. The maximum Gasteiger partial charge on any atom is 0.252 e. The summed E-state index contributed by atoms with van der Waals surface area (Å²) >= 11 is 1.25. The van der Waals surface area contributed by atoms with Crippen LogP contribution in [0.1, 0.15) is 65.7 Å². The molecule has 1 amide bonds. The van der Waals surface area contributed by atoms with Crippen LogP contribution in [0.25, 0.3) is 0 Å². The molecule has 3 rings (SSSR count). The highest BCUT2D eigenvalue weighted by molar-refractivity contribution is 7.91. The molecule has 7 heteroatoms. The molecule has 1 aliphatic heterocycles. The summed E-state index contributed by atoms with van der Waals surface area (Å²) < 4.78 is 27.1. The van der Waals surface area contributed by atoms with E-state index in [0.29, 0.717) is 35.6 Å². The zero-order valence-electron chi connectivity index (χ0n) is 17.3.